The van der Waals surface area contributed by atoms with Gasteiger partial charge in [0, 0.05) is 0 Å². The van der Waals surface area contributed by atoms with E-state index >= 15 is 0 Å². The number of hydrogen-bond donors (Lipinski definition) is 0. The van der Waals surface area contributed by atoms with Crippen molar-refractivity contribution in [3.05, 3.63) is 24.3 Å². The largest absolute Gasteiger partial charge is 0.0885 e. The van der Waals surface area contributed by atoms with E-state index in [4.69, 9.17) is 0 Å². The molecule has 1 aliphatic rings. The lowest BCUT2D eigenvalue weighted by atomic mass is 9.80. The van der Waals surface area contributed by atoms with Crippen LogP contribution in [0.3, 0.4) is 0 Å². The van der Waals surface area contributed by atoms with Gasteiger partial charge < -0.3 is 0 Å². The topological polar surface area (TPSA) is 0 Å². The summed E-state index contributed by atoms with van der Waals surface area (Å²) in [6.07, 6.45) is 27.7. The summed E-state index contributed by atoms with van der Waals surface area (Å²) in [4.78, 5) is 0. The van der Waals surface area contributed by atoms with Crippen LogP contribution in [0.2, 0.25) is 0 Å². The Morgan fingerprint density at radius 2 is 1.48 bits per heavy atom. The number of hydrogen-bond acceptors (Lipinski definition) is 0. The van der Waals surface area contributed by atoms with Crippen molar-refractivity contribution in [2.45, 2.75) is 97.3 Å². The van der Waals surface area contributed by atoms with Crippen LogP contribution >= 0.6 is 0 Å². The first kappa shape index (κ1) is 18.5. The van der Waals surface area contributed by atoms with Crippen LogP contribution in [0.5, 0.6) is 0 Å². The average Bonchev–Trinajstić information content (AvgIpc) is 2.52. The lowest BCUT2D eigenvalue weighted by Crippen LogP contribution is -2.12. The van der Waals surface area contributed by atoms with Crippen molar-refractivity contribution >= 4 is 0 Å². The molecule has 0 N–H and O–H groups in total. The average molecular weight is 291 g/mol. The highest BCUT2D eigenvalue weighted by atomic mass is 14.2. The van der Waals surface area contributed by atoms with Crippen molar-refractivity contribution in [1.82, 2.24) is 0 Å². The molecule has 122 valence electrons. The number of rotatable bonds is 11. The Hall–Kier alpha value is -0.520. The van der Waals surface area contributed by atoms with E-state index in [2.05, 4.69) is 38.2 Å². The standard InChI is InChI=1S/C21H38/c1-3-5-7-8-9-10-11-13-15-21-18-16-20(17-19-21)14-12-6-4-2/h10-12,14,20-21H,3-9,13,15-19H2,1-2H3/b11-10+,14-12+. The van der Waals surface area contributed by atoms with Gasteiger partial charge >= 0.3 is 0 Å². The maximum atomic E-state index is 2.50. The highest BCUT2D eigenvalue weighted by molar-refractivity contribution is 4.91. The summed E-state index contributed by atoms with van der Waals surface area (Å²) in [6, 6.07) is 0. The fourth-order valence-electron chi connectivity index (χ4n) is 3.38. The maximum absolute atomic E-state index is 2.50. The van der Waals surface area contributed by atoms with Gasteiger partial charge in [-0.15, -0.1) is 0 Å². The molecular formula is C21H38. The van der Waals surface area contributed by atoms with Gasteiger partial charge in [0.05, 0.1) is 0 Å². The molecule has 0 amide bonds. The Bertz CT molecular complexity index is 266. The van der Waals surface area contributed by atoms with Crippen LogP contribution in [0.25, 0.3) is 0 Å². The first-order valence-electron chi connectivity index (χ1n) is 9.68. The second kappa shape index (κ2) is 13.2. The van der Waals surface area contributed by atoms with Crippen molar-refractivity contribution < 1.29 is 0 Å². The van der Waals surface area contributed by atoms with Crippen molar-refractivity contribution in [2.24, 2.45) is 11.8 Å². The molecular weight excluding hydrogens is 252 g/mol. The van der Waals surface area contributed by atoms with Gasteiger partial charge in [-0.3, -0.25) is 0 Å². The summed E-state index contributed by atoms with van der Waals surface area (Å²) in [7, 11) is 0. The lowest BCUT2D eigenvalue weighted by molar-refractivity contribution is 0.297. The number of allylic oxidation sites excluding steroid dienone is 4. The van der Waals surface area contributed by atoms with Gasteiger partial charge in [0.15, 0.2) is 0 Å². The smallest absolute Gasteiger partial charge is 0.0233 e. The normalized spacial score (nSPS) is 23.3. The van der Waals surface area contributed by atoms with Crippen LogP contribution in [0, 0.1) is 11.8 Å². The lowest BCUT2D eigenvalue weighted by Gasteiger charge is -2.26. The zero-order valence-corrected chi connectivity index (χ0v) is 14.7. The summed E-state index contributed by atoms with van der Waals surface area (Å²) >= 11 is 0. The van der Waals surface area contributed by atoms with E-state index in [1.165, 1.54) is 83.5 Å². The van der Waals surface area contributed by atoms with E-state index in [-0.39, 0.29) is 0 Å². The predicted octanol–water partition coefficient (Wildman–Crippen LogP) is 7.46. The van der Waals surface area contributed by atoms with Crippen LogP contribution < -0.4 is 0 Å². The highest BCUT2D eigenvalue weighted by Gasteiger charge is 2.18. The first-order chi connectivity index (χ1) is 10.4. The molecule has 0 spiro atoms. The molecule has 0 aliphatic heterocycles. The van der Waals surface area contributed by atoms with Crippen LogP contribution in [-0.2, 0) is 0 Å². The predicted molar refractivity (Wildman–Crippen MR) is 96.6 cm³/mol. The monoisotopic (exact) mass is 290 g/mol. The van der Waals surface area contributed by atoms with Crippen LogP contribution in [0.4, 0.5) is 0 Å². The maximum Gasteiger partial charge on any atom is -0.0233 e. The molecule has 0 heterocycles. The Kier molecular flexibility index (Phi) is 11.6. The van der Waals surface area contributed by atoms with Crippen molar-refractivity contribution in [3.63, 3.8) is 0 Å². The Morgan fingerprint density at radius 3 is 2.19 bits per heavy atom. The Balaban J connectivity index is 1.99. The van der Waals surface area contributed by atoms with E-state index in [1.807, 2.05) is 0 Å². The zero-order chi connectivity index (χ0) is 15.2. The van der Waals surface area contributed by atoms with Gasteiger partial charge in [0.1, 0.15) is 0 Å². The fourth-order valence-corrected chi connectivity index (χ4v) is 3.38. The van der Waals surface area contributed by atoms with Gasteiger partial charge in [0.25, 0.3) is 0 Å². The molecule has 1 aliphatic carbocycles. The molecule has 0 bridgehead atoms. The van der Waals surface area contributed by atoms with Gasteiger partial charge in [-0.2, -0.15) is 0 Å². The first-order valence-corrected chi connectivity index (χ1v) is 9.68. The van der Waals surface area contributed by atoms with E-state index in [1.54, 1.807) is 0 Å². The molecule has 21 heavy (non-hydrogen) atoms. The van der Waals surface area contributed by atoms with E-state index < -0.39 is 0 Å². The summed E-state index contributed by atoms with van der Waals surface area (Å²) in [5.41, 5.74) is 0. The molecule has 0 atom stereocenters. The van der Waals surface area contributed by atoms with Crippen LogP contribution in [0.15, 0.2) is 24.3 Å². The fraction of sp³-hybridized carbons (Fsp3) is 0.810. The van der Waals surface area contributed by atoms with Crippen LogP contribution in [0.1, 0.15) is 97.3 Å². The minimum absolute atomic E-state index is 0.891. The SMILES string of the molecule is CCC/C=C/C1CCC(CC/C=C/CCCCCC)CC1. The molecule has 0 aromatic rings. The second-order valence-corrected chi connectivity index (χ2v) is 6.90. The molecule has 1 fully saturated rings. The molecule has 0 aromatic heterocycles. The molecule has 0 unspecified atom stereocenters. The summed E-state index contributed by atoms with van der Waals surface area (Å²) in [6.45, 7) is 4.54. The quantitative estimate of drug-likeness (QED) is 0.274. The molecule has 0 nitrogen and oxygen atoms in total. The van der Waals surface area contributed by atoms with E-state index in [0.29, 0.717) is 0 Å². The third-order valence-corrected chi connectivity index (χ3v) is 4.89. The van der Waals surface area contributed by atoms with Crippen molar-refractivity contribution in [1.29, 1.82) is 0 Å². The Morgan fingerprint density at radius 1 is 0.714 bits per heavy atom. The minimum Gasteiger partial charge on any atom is -0.0885 e. The van der Waals surface area contributed by atoms with Gasteiger partial charge in [0.2, 0.25) is 0 Å². The molecule has 1 rings (SSSR count). The third-order valence-electron chi connectivity index (χ3n) is 4.89. The molecule has 0 heteroatoms. The third kappa shape index (κ3) is 9.93. The number of unbranched alkanes of at least 4 members (excludes halogenated alkanes) is 5. The summed E-state index contributed by atoms with van der Waals surface area (Å²) in [5.74, 6) is 1.90. The summed E-state index contributed by atoms with van der Waals surface area (Å²) < 4.78 is 0. The zero-order valence-electron chi connectivity index (χ0n) is 14.7. The molecule has 0 radical (unpaired) electrons. The minimum atomic E-state index is 0.891. The Labute approximate surface area is 134 Å². The van der Waals surface area contributed by atoms with Crippen molar-refractivity contribution in [2.75, 3.05) is 0 Å². The molecule has 0 saturated heterocycles. The van der Waals surface area contributed by atoms with Gasteiger partial charge in [-0.25, -0.2) is 0 Å². The van der Waals surface area contributed by atoms with Crippen molar-refractivity contribution in [3.8, 4) is 0 Å². The highest BCUT2D eigenvalue weighted by Crippen LogP contribution is 2.32. The molecule has 1 saturated carbocycles. The van der Waals surface area contributed by atoms with Gasteiger partial charge in [-0.1, -0.05) is 63.8 Å². The van der Waals surface area contributed by atoms with Gasteiger partial charge in [-0.05, 0) is 69.6 Å². The summed E-state index contributed by atoms with van der Waals surface area (Å²) in [5, 5.41) is 0. The van der Waals surface area contributed by atoms with Crippen LogP contribution in [-0.4, -0.2) is 0 Å². The molecule has 0 aromatic carbocycles. The second-order valence-electron chi connectivity index (χ2n) is 6.90. The van der Waals surface area contributed by atoms with E-state index in [0.717, 1.165) is 11.8 Å². The van der Waals surface area contributed by atoms with E-state index in [9.17, 15) is 0 Å².